The van der Waals surface area contributed by atoms with Gasteiger partial charge in [0, 0.05) is 28.9 Å². The van der Waals surface area contributed by atoms with Gasteiger partial charge in [0.15, 0.2) is 0 Å². The number of nitrogens with two attached hydrogens (primary N) is 1. The minimum atomic E-state index is -3.73. The number of aryl methyl sites for hydroxylation is 1. The van der Waals surface area contributed by atoms with Crippen LogP contribution in [0.4, 0.5) is 5.69 Å². The molecule has 0 saturated heterocycles. The fourth-order valence-electron chi connectivity index (χ4n) is 3.17. The third-order valence-electron chi connectivity index (χ3n) is 4.60. The van der Waals surface area contributed by atoms with E-state index in [1.807, 2.05) is 30.5 Å². The second-order valence-corrected chi connectivity index (χ2v) is 8.29. The lowest BCUT2D eigenvalue weighted by Gasteiger charge is -2.10. The van der Waals surface area contributed by atoms with Gasteiger partial charge in [0.1, 0.15) is 0 Å². The van der Waals surface area contributed by atoms with Gasteiger partial charge in [-0.25, -0.2) is 18.4 Å². The van der Waals surface area contributed by atoms with Crippen molar-refractivity contribution in [2.45, 2.75) is 25.7 Å². The van der Waals surface area contributed by atoms with E-state index in [4.69, 9.17) is 9.88 Å². The molecule has 0 fully saturated rings. The summed E-state index contributed by atoms with van der Waals surface area (Å²) < 4.78 is 30.0. The number of carbonyl (C=O) groups excluding carboxylic acids is 1. The lowest BCUT2D eigenvalue weighted by atomic mass is 10.2. The van der Waals surface area contributed by atoms with Crippen LogP contribution in [-0.2, 0) is 14.8 Å². The van der Waals surface area contributed by atoms with Crippen molar-refractivity contribution >= 4 is 27.9 Å². The van der Waals surface area contributed by atoms with Gasteiger partial charge >= 0.3 is 5.97 Å². The zero-order valence-electron chi connectivity index (χ0n) is 17.0. The Kier molecular flexibility index (Phi) is 6.19. The number of hydrogen-bond donors (Lipinski definition) is 1. The van der Waals surface area contributed by atoms with Crippen molar-refractivity contribution < 1.29 is 17.9 Å². The first-order chi connectivity index (χ1) is 14.2. The maximum atomic E-state index is 11.9. The first-order valence-corrected chi connectivity index (χ1v) is 10.9. The maximum absolute atomic E-state index is 11.9. The first-order valence-electron chi connectivity index (χ1n) is 9.34. The number of aromatic nitrogens is 1. The van der Waals surface area contributed by atoms with Crippen LogP contribution in [0.2, 0.25) is 0 Å². The summed E-state index contributed by atoms with van der Waals surface area (Å²) in [6.07, 6.45) is 1.74. The molecular formula is C22H23N3O4S. The number of aliphatic imine (C=N–C) groups is 1. The number of ether oxygens (including phenoxy) is 1. The summed E-state index contributed by atoms with van der Waals surface area (Å²) in [5.74, 6) is -0.379. The molecule has 0 aliphatic carbocycles. The van der Waals surface area contributed by atoms with E-state index in [1.165, 1.54) is 12.1 Å². The smallest absolute Gasteiger partial charge is 0.338 e. The van der Waals surface area contributed by atoms with E-state index < -0.39 is 10.0 Å². The van der Waals surface area contributed by atoms with Gasteiger partial charge in [-0.05, 0) is 69.3 Å². The Balaban J connectivity index is 1.89. The molecule has 8 heteroatoms. The number of esters is 1. The second-order valence-electron chi connectivity index (χ2n) is 6.73. The van der Waals surface area contributed by atoms with Gasteiger partial charge in [0.25, 0.3) is 0 Å². The van der Waals surface area contributed by atoms with Gasteiger partial charge < -0.3 is 9.30 Å². The van der Waals surface area contributed by atoms with E-state index in [0.29, 0.717) is 17.9 Å². The molecule has 0 saturated carbocycles. The highest BCUT2D eigenvalue weighted by molar-refractivity contribution is 7.89. The SMILES string of the molecule is CCOC(=O)c1cccc(N=Cc2cc(C)n(-c3ccc(S(N)(=O)=O)cc3)c2C)c1. The fraction of sp³-hybridized carbons (Fsp3) is 0.182. The highest BCUT2D eigenvalue weighted by Crippen LogP contribution is 2.22. The van der Waals surface area contributed by atoms with Crippen molar-refractivity contribution in [1.29, 1.82) is 0 Å². The maximum Gasteiger partial charge on any atom is 0.338 e. The van der Waals surface area contributed by atoms with Gasteiger partial charge in [-0.3, -0.25) is 4.99 Å². The summed E-state index contributed by atoms with van der Waals surface area (Å²) in [5.41, 5.74) is 4.74. The monoisotopic (exact) mass is 425 g/mol. The van der Waals surface area contributed by atoms with Gasteiger partial charge in [0.2, 0.25) is 10.0 Å². The van der Waals surface area contributed by atoms with Crippen molar-refractivity contribution in [3.8, 4) is 5.69 Å². The normalized spacial score (nSPS) is 11.7. The van der Waals surface area contributed by atoms with Crippen LogP contribution in [-0.4, -0.2) is 31.8 Å². The number of hydrogen-bond acceptors (Lipinski definition) is 5. The Hall–Kier alpha value is -3.23. The van der Waals surface area contributed by atoms with Crippen LogP contribution in [0.1, 0.15) is 34.2 Å². The Labute approximate surface area is 175 Å². The quantitative estimate of drug-likeness (QED) is 0.481. The Morgan fingerprint density at radius 1 is 1.13 bits per heavy atom. The van der Waals surface area contributed by atoms with Crippen LogP contribution in [0.25, 0.3) is 5.69 Å². The summed E-state index contributed by atoms with van der Waals surface area (Å²) in [5, 5.41) is 5.17. The molecule has 0 radical (unpaired) electrons. The second kappa shape index (κ2) is 8.64. The Morgan fingerprint density at radius 2 is 1.83 bits per heavy atom. The van der Waals surface area contributed by atoms with Crippen LogP contribution < -0.4 is 5.14 Å². The predicted octanol–water partition coefficient (Wildman–Crippen LogP) is 3.67. The average molecular weight is 426 g/mol. The molecule has 3 rings (SSSR count). The molecule has 7 nitrogen and oxygen atoms in total. The lowest BCUT2D eigenvalue weighted by Crippen LogP contribution is -2.12. The summed E-state index contributed by atoms with van der Waals surface area (Å²) in [4.78, 5) is 16.5. The van der Waals surface area contributed by atoms with Crippen LogP contribution in [0.3, 0.4) is 0 Å². The molecule has 2 aromatic carbocycles. The van der Waals surface area contributed by atoms with Gasteiger partial charge in [-0.15, -0.1) is 0 Å². The summed E-state index contributed by atoms with van der Waals surface area (Å²) >= 11 is 0. The van der Waals surface area contributed by atoms with Gasteiger partial charge in [0.05, 0.1) is 22.8 Å². The molecule has 0 aliphatic rings. The number of benzene rings is 2. The van der Waals surface area contributed by atoms with Crippen LogP contribution in [0.5, 0.6) is 0 Å². The van der Waals surface area contributed by atoms with Crippen molar-refractivity contribution in [3.63, 3.8) is 0 Å². The van der Waals surface area contributed by atoms with Gasteiger partial charge in [-0.1, -0.05) is 6.07 Å². The van der Waals surface area contributed by atoms with Crippen molar-refractivity contribution in [2.75, 3.05) is 6.61 Å². The molecule has 3 aromatic rings. The van der Waals surface area contributed by atoms with Crippen molar-refractivity contribution in [2.24, 2.45) is 10.1 Å². The number of sulfonamides is 1. The van der Waals surface area contributed by atoms with Crippen molar-refractivity contribution in [3.05, 3.63) is 77.1 Å². The number of rotatable bonds is 6. The fourth-order valence-corrected chi connectivity index (χ4v) is 3.69. The minimum Gasteiger partial charge on any atom is -0.462 e. The highest BCUT2D eigenvalue weighted by atomic mass is 32.2. The number of carbonyl (C=O) groups is 1. The highest BCUT2D eigenvalue weighted by Gasteiger charge is 2.12. The number of nitrogens with zero attached hydrogens (tertiary/aromatic N) is 2. The third-order valence-corrected chi connectivity index (χ3v) is 5.53. The van der Waals surface area contributed by atoms with Crippen LogP contribution in [0, 0.1) is 13.8 Å². The molecule has 0 atom stereocenters. The van der Waals surface area contributed by atoms with Crippen LogP contribution in [0.15, 0.2) is 64.5 Å². The standard InChI is InChI=1S/C22H23N3O4S/c1-4-29-22(26)17-6-5-7-19(13-17)24-14-18-12-15(2)25(16(18)3)20-8-10-21(11-9-20)30(23,27)28/h5-14H,4H2,1-3H3,(H2,23,27,28). The summed E-state index contributed by atoms with van der Waals surface area (Å²) in [6, 6.07) is 15.3. The van der Waals surface area contributed by atoms with Crippen molar-refractivity contribution in [1.82, 2.24) is 4.57 Å². The Bertz CT molecular complexity index is 1210. The molecule has 30 heavy (non-hydrogen) atoms. The van der Waals surface area contributed by atoms with E-state index in [0.717, 1.165) is 22.6 Å². The van der Waals surface area contributed by atoms with Gasteiger partial charge in [-0.2, -0.15) is 0 Å². The molecule has 0 amide bonds. The molecule has 0 bridgehead atoms. The third kappa shape index (κ3) is 4.67. The van der Waals surface area contributed by atoms with Crippen LogP contribution >= 0.6 is 0 Å². The molecule has 2 N–H and O–H groups in total. The molecule has 1 aromatic heterocycles. The summed E-state index contributed by atoms with van der Waals surface area (Å²) in [7, 11) is -3.73. The van der Waals surface area contributed by atoms with E-state index in [2.05, 4.69) is 4.99 Å². The minimum absolute atomic E-state index is 0.0666. The largest absolute Gasteiger partial charge is 0.462 e. The Morgan fingerprint density at radius 3 is 2.47 bits per heavy atom. The topological polar surface area (TPSA) is 104 Å². The molecule has 0 aliphatic heterocycles. The van der Waals surface area contributed by atoms with E-state index in [1.54, 1.807) is 43.5 Å². The molecule has 0 unspecified atom stereocenters. The van der Waals surface area contributed by atoms with E-state index in [-0.39, 0.29) is 10.9 Å². The first kappa shape index (κ1) is 21.5. The molecular weight excluding hydrogens is 402 g/mol. The molecule has 0 spiro atoms. The predicted molar refractivity (Wildman–Crippen MR) is 116 cm³/mol. The zero-order valence-corrected chi connectivity index (χ0v) is 17.8. The average Bonchev–Trinajstić information content (AvgIpc) is 2.99. The molecule has 1 heterocycles. The van der Waals surface area contributed by atoms with E-state index in [9.17, 15) is 13.2 Å². The number of primary sulfonamides is 1. The zero-order chi connectivity index (χ0) is 21.9. The lowest BCUT2D eigenvalue weighted by molar-refractivity contribution is 0.0526. The summed E-state index contributed by atoms with van der Waals surface area (Å²) in [6.45, 7) is 5.99. The van der Waals surface area contributed by atoms with E-state index >= 15 is 0 Å². The molecule has 156 valence electrons.